The summed E-state index contributed by atoms with van der Waals surface area (Å²) in [4.78, 5) is 7.19. The minimum Gasteiger partial charge on any atom is -0.393 e. The van der Waals surface area contributed by atoms with Crippen molar-refractivity contribution in [2.45, 2.75) is 32.0 Å². The van der Waals surface area contributed by atoms with Crippen LogP contribution >= 0.6 is 11.6 Å². The Bertz CT molecular complexity index is 336. The number of rotatable bonds is 1. The van der Waals surface area contributed by atoms with Crippen molar-refractivity contribution in [2.75, 3.05) is 11.5 Å². The van der Waals surface area contributed by atoms with E-state index < -0.39 is 6.29 Å². The highest BCUT2D eigenvalue weighted by Gasteiger charge is 2.20. The van der Waals surface area contributed by atoms with E-state index in [1.807, 2.05) is 0 Å². The summed E-state index contributed by atoms with van der Waals surface area (Å²) in [7, 11) is 0. The highest BCUT2D eigenvalue weighted by molar-refractivity contribution is 6.32. The van der Waals surface area contributed by atoms with Crippen LogP contribution in [0, 0.1) is 5.92 Å². The topological polar surface area (TPSA) is 118 Å². The molecule has 0 spiro atoms. The number of anilines is 2. The van der Waals surface area contributed by atoms with Crippen LogP contribution in [0.4, 0.5) is 11.5 Å². The lowest BCUT2D eigenvalue weighted by Gasteiger charge is -2.09. The first-order chi connectivity index (χ1) is 8.02. The molecule has 0 radical (unpaired) electrons. The fraction of sp³-hybridized carbons (Fsp3) is 0.600. The van der Waals surface area contributed by atoms with Gasteiger partial charge in [0.1, 0.15) is 12.0 Å². The Morgan fingerprint density at radius 2 is 1.82 bits per heavy atom. The molecular weight excluding hydrogens is 244 g/mol. The number of hydrogen-bond acceptors (Lipinski definition) is 6. The number of aliphatic hydroxyl groups excluding tert-OH is 1. The van der Waals surface area contributed by atoms with Crippen LogP contribution in [0.1, 0.15) is 25.7 Å². The summed E-state index contributed by atoms with van der Waals surface area (Å²) in [6, 6.07) is 0. The van der Waals surface area contributed by atoms with Gasteiger partial charge in [-0.3, -0.25) is 0 Å². The van der Waals surface area contributed by atoms with Gasteiger partial charge in [0.05, 0.1) is 0 Å². The standard InChI is InChI=1S/C6H12O2.C4H5ClN4/c7-6(8)5-3-1-2-4-5;5-3-2(6)4(7)9-1-8-3/h5-8H,1-4H2;1H,6H2,(H2,7,8,9). The largest absolute Gasteiger partial charge is 0.393 e. The lowest BCUT2D eigenvalue weighted by Crippen LogP contribution is -2.15. The van der Waals surface area contributed by atoms with Crippen LogP contribution in [0.5, 0.6) is 0 Å². The molecule has 0 bridgehead atoms. The quantitative estimate of drug-likeness (QED) is 0.438. The van der Waals surface area contributed by atoms with Gasteiger partial charge in [-0.2, -0.15) is 0 Å². The van der Waals surface area contributed by atoms with E-state index in [0.29, 0.717) is 0 Å². The molecule has 0 aliphatic heterocycles. The van der Waals surface area contributed by atoms with Crippen molar-refractivity contribution < 1.29 is 10.2 Å². The van der Waals surface area contributed by atoms with E-state index in [9.17, 15) is 0 Å². The van der Waals surface area contributed by atoms with Crippen LogP contribution in [-0.2, 0) is 0 Å². The molecule has 0 atom stereocenters. The normalized spacial score (nSPS) is 15.8. The zero-order valence-electron chi connectivity index (χ0n) is 9.38. The number of aromatic nitrogens is 2. The highest BCUT2D eigenvalue weighted by Crippen LogP contribution is 2.26. The van der Waals surface area contributed by atoms with Gasteiger partial charge in [0.25, 0.3) is 0 Å². The first kappa shape index (κ1) is 14.0. The van der Waals surface area contributed by atoms with Crippen LogP contribution < -0.4 is 11.5 Å². The van der Waals surface area contributed by atoms with Crippen LogP contribution in [0.3, 0.4) is 0 Å². The Morgan fingerprint density at radius 3 is 2.18 bits per heavy atom. The molecule has 1 aromatic heterocycles. The van der Waals surface area contributed by atoms with Crippen molar-refractivity contribution in [2.24, 2.45) is 5.92 Å². The molecule has 6 N–H and O–H groups in total. The molecule has 6 nitrogen and oxygen atoms in total. The number of nitrogens with two attached hydrogens (primary N) is 2. The van der Waals surface area contributed by atoms with E-state index in [1.54, 1.807) is 0 Å². The molecule has 1 heterocycles. The molecule has 0 amide bonds. The maximum Gasteiger partial charge on any atom is 0.157 e. The average Bonchev–Trinajstić information content (AvgIpc) is 2.80. The van der Waals surface area contributed by atoms with Crippen LogP contribution in [-0.4, -0.2) is 26.5 Å². The Balaban J connectivity index is 0.000000171. The van der Waals surface area contributed by atoms with Crippen molar-refractivity contribution >= 4 is 23.1 Å². The van der Waals surface area contributed by atoms with Gasteiger partial charge in [0, 0.05) is 5.92 Å². The molecule has 0 aromatic carbocycles. The third kappa shape index (κ3) is 4.33. The average molecular weight is 261 g/mol. The molecule has 1 aromatic rings. The molecular formula is C10H17ClN4O2. The summed E-state index contributed by atoms with van der Waals surface area (Å²) >= 11 is 5.46. The molecule has 17 heavy (non-hydrogen) atoms. The van der Waals surface area contributed by atoms with E-state index in [2.05, 4.69) is 9.97 Å². The van der Waals surface area contributed by atoms with Gasteiger partial charge >= 0.3 is 0 Å². The Kier molecular flexibility index (Phi) is 5.40. The maximum atomic E-state index is 8.61. The fourth-order valence-electron chi connectivity index (χ4n) is 1.64. The van der Waals surface area contributed by atoms with Crippen molar-refractivity contribution in [3.05, 3.63) is 11.5 Å². The zero-order chi connectivity index (χ0) is 12.8. The summed E-state index contributed by atoms with van der Waals surface area (Å²) in [5.41, 5.74) is 10.8. The van der Waals surface area contributed by atoms with E-state index in [4.69, 9.17) is 33.3 Å². The summed E-state index contributed by atoms with van der Waals surface area (Å²) in [6.07, 6.45) is 4.53. The molecule has 0 unspecified atom stereocenters. The van der Waals surface area contributed by atoms with Crippen molar-refractivity contribution in [3.63, 3.8) is 0 Å². The summed E-state index contributed by atoms with van der Waals surface area (Å²) in [5.74, 6) is 0.394. The molecule has 7 heteroatoms. The Morgan fingerprint density at radius 1 is 1.24 bits per heavy atom. The third-order valence-corrected chi connectivity index (χ3v) is 2.99. The first-order valence-corrected chi connectivity index (χ1v) is 5.77. The van der Waals surface area contributed by atoms with Gasteiger partial charge in [-0.05, 0) is 12.8 Å². The molecule has 2 rings (SSSR count). The van der Waals surface area contributed by atoms with Crippen LogP contribution in [0.2, 0.25) is 5.15 Å². The predicted molar refractivity (Wildman–Crippen MR) is 66.1 cm³/mol. The fourth-order valence-corrected chi connectivity index (χ4v) is 1.78. The predicted octanol–water partition coefficient (Wildman–Crippen LogP) is 0.782. The van der Waals surface area contributed by atoms with Gasteiger partial charge in [-0.25, -0.2) is 9.97 Å². The van der Waals surface area contributed by atoms with Crippen molar-refractivity contribution in [1.82, 2.24) is 9.97 Å². The summed E-state index contributed by atoms with van der Waals surface area (Å²) < 4.78 is 0. The minimum atomic E-state index is -1.06. The van der Waals surface area contributed by atoms with Crippen molar-refractivity contribution in [3.8, 4) is 0 Å². The van der Waals surface area contributed by atoms with Gasteiger partial charge in [-0.1, -0.05) is 24.4 Å². The lowest BCUT2D eigenvalue weighted by atomic mass is 10.1. The highest BCUT2D eigenvalue weighted by atomic mass is 35.5. The molecule has 96 valence electrons. The second-order valence-electron chi connectivity index (χ2n) is 3.92. The summed E-state index contributed by atoms with van der Waals surface area (Å²) in [5, 5.41) is 17.4. The van der Waals surface area contributed by atoms with Crippen LogP contribution in [0.15, 0.2) is 6.33 Å². The number of hydrogen-bond donors (Lipinski definition) is 4. The maximum absolute atomic E-state index is 8.61. The van der Waals surface area contributed by atoms with E-state index in [0.717, 1.165) is 12.8 Å². The second-order valence-corrected chi connectivity index (χ2v) is 4.28. The minimum absolute atomic E-state index is 0.176. The number of nitrogens with zero attached hydrogens (tertiary/aromatic N) is 2. The third-order valence-electron chi connectivity index (χ3n) is 2.69. The summed E-state index contributed by atoms with van der Waals surface area (Å²) in [6.45, 7) is 0. The van der Waals surface area contributed by atoms with Gasteiger partial charge in [0.15, 0.2) is 17.3 Å². The smallest absolute Gasteiger partial charge is 0.157 e. The van der Waals surface area contributed by atoms with E-state index >= 15 is 0 Å². The molecule has 1 saturated carbocycles. The number of halogens is 1. The van der Waals surface area contributed by atoms with E-state index in [-0.39, 0.29) is 22.6 Å². The zero-order valence-corrected chi connectivity index (χ0v) is 10.1. The molecule has 1 aliphatic carbocycles. The number of aliphatic hydroxyl groups is 2. The Hall–Kier alpha value is -1.11. The van der Waals surface area contributed by atoms with Gasteiger partial charge in [-0.15, -0.1) is 0 Å². The SMILES string of the molecule is Nc1ncnc(Cl)c1N.OC(O)C1CCCC1. The first-order valence-electron chi connectivity index (χ1n) is 5.40. The van der Waals surface area contributed by atoms with E-state index in [1.165, 1.54) is 19.2 Å². The van der Waals surface area contributed by atoms with Gasteiger partial charge < -0.3 is 21.7 Å². The number of nitrogen functional groups attached to an aromatic ring is 2. The second kappa shape index (κ2) is 6.58. The van der Waals surface area contributed by atoms with Crippen molar-refractivity contribution in [1.29, 1.82) is 0 Å². The lowest BCUT2D eigenvalue weighted by molar-refractivity contribution is -0.0814. The van der Waals surface area contributed by atoms with Gasteiger partial charge in [0.2, 0.25) is 0 Å². The molecule has 0 saturated heterocycles. The Labute approximate surface area is 105 Å². The molecule has 1 fully saturated rings. The van der Waals surface area contributed by atoms with Crippen LogP contribution in [0.25, 0.3) is 0 Å². The monoisotopic (exact) mass is 260 g/mol. The molecule has 1 aliphatic rings.